The number of thioether (sulfide) groups is 1. The first-order chi connectivity index (χ1) is 4.20. The fourth-order valence-corrected chi connectivity index (χ4v) is 0.847. The molecular formula is C6H9NOS. The normalized spacial score (nSPS) is 11.1. The minimum Gasteiger partial charge on any atom is -0.298 e. The predicted molar refractivity (Wildman–Crippen MR) is 40.8 cm³/mol. The summed E-state index contributed by atoms with van der Waals surface area (Å²) in [4.78, 5) is 10.7. The van der Waals surface area contributed by atoms with Crippen LogP contribution in [0.2, 0.25) is 0 Å². The van der Waals surface area contributed by atoms with E-state index >= 15 is 0 Å². The third kappa shape index (κ3) is 3.97. The molecule has 0 unspecified atom stereocenters. The van der Waals surface area contributed by atoms with Crippen LogP contribution in [0.15, 0.2) is 11.0 Å². The van der Waals surface area contributed by atoms with Crippen molar-refractivity contribution in [2.24, 2.45) is 0 Å². The molecule has 0 atom stereocenters. The van der Waals surface area contributed by atoms with E-state index in [0.717, 1.165) is 6.29 Å². The van der Waals surface area contributed by atoms with E-state index in [9.17, 15) is 4.79 Å². The molecule has 1 N–H and O–H groups in total. The lowest BCUT2D eigenvalue weighted by atomic mass is 10.6. The van der Waals surface area contributed by atoms with Gasteiger partial charge in [-0.05, 0) is 13.8 Å². The fraction of sp³-hybridized carbons (Fsp3) is 0.333. The molecule has 0 heterocycles. The Morgan fingerprint density at radius 1 is 1.67 bits per heavy atom. The van der Waals surface area contributed by atoms with E-state index in [4.69, 9.17) is 5.41 Å². The van der Waals surface area contributed by atoms with Gasteiger partial charge in [0, 0.05) is 4.91 Å². The van der Waals surface area contributed by atoms with Crippen molar-refractivity contribution >= 4 is 23.1 Å². The third-order valence-corrected chi connectivity index (χ3v) is 1.55. The van der Waals surface area contributed by atoms with E-state index in [1.54, 1.807) is 19.9 Å². The van der Waals surface area contributed by atoms with Gasteiger partial charge >= 0.3 is 0 Å². The number of carbonyl (C=O) groups is 1. The Labute approximate surface area is 58.8 Å². The van der Waals surface area contributed by atoms with Crippen LogP contribution in [-0.4, -0.2) is 11.3 Å². The number of rotatable bonds is 2. The number of nitrogens with one attached hydrogen (secondary N) is 1. The predicted octanol–water partition coefficient (Wildman–Crippen LogP) is 1.82. The maximum Gasteiger partial charge on any atom is 0.156 e. The lowest BCUT2D eigenvalue weighted by Gasteiger charge is -1.92. The summed E-state index contributed by atoms with van der Waals surface area (Å²) in [5.41, 5.74) is 0. The average molecular weight is 143 g/mol. The largest absolute Gasteiger partial charge is 0.298 e. The van der Waals surface area contributed by atoms with Gasteiger partial charge < -0.3 is 0 Å². The molecule has 0 rings (SSSR count). The minimum atomic E-state index is 0.440. The summed E-state index contributed by atoms with van der Waals surface area (Å²) in [5, 5.41) is 7.43. The zero-order valence-corrected chi connectivity index (χ0v) is 6.29. The Balaban J connectivity index is 3.86. The van der Waals surface area contributed by atoms with Crippen LogP contribution in [0.3, 0.4) is 0 Å². The second kappa shape index (κ2) is 4.32. The summed E-state index contributed by atoms with van der Waals surface area (Å²) in [6.45, 7) is 3.43. The SMILES string of the molecule is C/C=C(/C=O)SC(C)=N. The molecule has 9 heavy (non-hydrogen) atoms. The summed E-state index contributed by atoms with van der Waals surface area (Å²) < 4.78 is 0. The lowest BCUT2D eigenvalue weighted by Crippen LogP contribution is -1.82. The number of aldehydes is 1. The van der Waals surface area contributed by atoms with Gasteiger partial charge in [0.25, 0.3) is 0 Å². The van der Waals surface area contributed by atoms with Gasteiger partial charge in [-0.1, -0.05) is 17.8 Å². The second-order valence-corrected chi connectivity index (χ2v) is 2.76. The smallest absolute Gasteiger partial charge is 0.156 e. The number of carbonyl (C=O) groups excluding carboxylic acids is 1. The molecule has 0 fully saturated rings. The summed E-state index contributed by atoms with van der Waals surface area (Å²) >= 11 is 1.18. The maximum atomic E-state index is 10.1. The van der Waals surface area contributed by atoms with E-state index in [1.807, 2.05) is 0 Å². The zero-order valence-electron chi connectivity index (χ0n) is 5.47. The van der Waals surface area contributed by atoms with Crippen LogP contribution in [0.25, 0.3) is 0 Å². The molecule has 0 aromatic heterocycles. The monoisotopic (exact) mass is 143 g/mol. The van der Waals surface area contributed by atoms with Crippen molar-refractivity contribution in [1.29, 1.82) is 5.41 Å². The van der Waals surface area contributed by atoms with Crippen LogP contribution in [0.1, 0.15) is 13.8 Å². The Bertz CT molecular complexity index is 151. The standard InChI is InChI=1S/C6H9NOS/c1-3-6(4-8)9-5(2)7/h3-4,7H,1-2H3/b6-3-,7-5?. The first kappa shape index (κ1) is 8.43. The van der Waals surface area contributed by atoms with Crippen molar-refractivity contribution in [3.63, 3.8) is 0 Å². The molecule has 0 bridgehead atoms. The molecule has 0 aliphatic heterocycles. The quantitative estimate of drug-likeness (QED) is 0.277. The van der Waals surface area contributed by atoms with Crippen molar-refractivity contribution in [2.45, 2.75) is 13.8 Å². The van der Waals surface area contributed by atoms with Crippen LogP contribution < -0.4 is 0 Å². The van der Waals surface area contributed by atoms with Gasteiger partial charge in [-0.25, -0.2) is 0 Å². The Hall–Kier alpha value is -0.570. The van der Waals surface area contributed by atoms with Crippen LogP contribution in [0, 0.1) is 5.41 Å². The summed E-state index contributed by atoms with van der Waals surface area (Å²) in [5.74, 6) is 0. The van der Waals surface area contributed by atoms with Crippen molar-refractivity contribution in [3.8, 4) is 0 Å². The maximum absolute atomic E-state index is 10.1. The molecule has 50 valence electrons. The number of allylic oxidation sites excluding steroid dienone is 2. The molecule has 0 spiro atoms. The van der Waals surface area contributed by atoms with Gasteiger partial charge in [0.05, 0.1) is 5.04 Å². The van der Waals surface area contributed by atoms with E-state index in [-0.39, 0.29) is 0 Å². The number of hydrogen-bond acceptors (Lipinski definition) is 3. The fourth-order valence-electron chi connectivity index (χ4n) is 0.328. The summed E-state index contributed by atoms with van der Waals surface area (Å²) in [7, 11) is 0. The van der Waals surface area contributed by atoms with Crippen molar-refractivity contribution in [2.75, 3.05) is 0 Å². The molecule has 0 aromatic carbocycles. The molecule has 0 aliphatic carbocycles. The van der Waals surface area contributed by atoms with Crippen LogP contribution in [0.4, 0.5) is 0 Å². The Morgan fingerprint density at radius 3 is 2.33 bits per heavy atom. The van der Waals surface area contributed by atoms with E-state index in [1.165, 1.54) is 11.8 Å². The van der Waals surface area contributed by atoms with E-state index in [0.29, 0.717) is 9.95 Å². The average Bonchev–Trinajstić information content (AvgIpc) is 1.82. The highest BCUT2D eigenvalue weighted by atomic mass is 32.2. The van der Waals surface area contributed by atoms with Crippen LogP contribution in [0.5, 0.6) is 0 Å². The van der Waals surface area contributed by atoms with Gasteiger partial charge in [-0.2, -0.15) is 0 Å². The van der Waals surface area contributed by atoms with Crippen LogP contribution >= 0.6 is 11.8 Å². The topological polar surface area (TPSA) is 40.9 Å². The van der Waals surface area contributed by atoms with Crippen molar-refractivity contribution < 1.29 is 4.79 Å². The second-order valence-electron chi connectivity index (χ2n) is 1.47. The van der Waals surface area contributed by atoms with Gasteiger partial charge in [0.15, 0.2) is 6.29 Å². The van der Waals surface area contributed by atoms with E-state index < -0.39 is 0 Å². The first-order valence-corrected chi connectivity index (χ1v) is 3.37. The highest BCUT2D eigenvalue weighted by Crippen LogP contribution is 2.12. The highest BCUT2D eigenvalue weighted by Gasteiger charge is 1.93. The minimum absolute atomic E-state index is 0.440. The van der Waals surface area contributed by atoms with Crippen LogP contribution in [-0.2, 0) is 4.79 Å². The molecule has 0 aliphatic rings. The molecule has 0 aromatic rings. The molecular weight excluding hydrogens is 134 g/mol. The van der Waals surface area contributed by atoms with E-state index in [2.05, 4.69) is 0 Å². The third-order valence-electron chi connectivity index (χ3n) is 0.672. The van der Waals surface area contributed by atoms with Gasteiger partial charge in [0.1, 0.15) is 0 Å². The van der Waals surface area contributed by atoms with Crippen molar-refractivity contribution in [3.05, 3.63) is 11.0 Å². The van der Waals surface area contributed by atoms with Crippen molar-refractivity contribution in [1.82, 2.24) is 0 Å². The van der Waals surface area contributed by atoms with Gasteiger partial charge in [0.2, 0.25) is 0 Å². The molecule has 0 saturated carbocycles. The molecule has 0 amide bonds. The molecule has 3 heteroatoms. The summed E-state index contributed by atoms with van der Waals surface area (Å²) in [6, 6.07) is 0. The lowest BCUT2D eigenvalue weighted by molar-refractivity contribution is -0.104. The molecule has 2 nitrogen and oxygen atoms in total. The molecule has 0 radical (unpaired) electrons. The van der Waals surface area contributed by atoms with Gasteiger partial charge in [-0.15, -0.1) is 0 Å². The molecule has 0 saturated heterocycles. The highest BCUT2D eigenvalue weighted by molar-refractivity contribution is 8.17. The summed E-state index contributed by atoms with van der Waals surface area (Å²) in [6.07, 6.45) is 2.44. The Kier molecular flexibility index (Phi) is 4.05. The zero-order chi connectivity index (χ0) is 7.28. The number of hydrogen-bond donors (Lipinski definition) is 1. The Morgan fingerprint density at radius 2 is 2.22 bits per heavy atom. The first-order valence-electron chi connectivity index (χ1n) is 2.55. The van der Waals surface area contributed by atoms with Gasteiger partial charge in [-0.3, -0.25) is 10.2 Å².